The van der Waals surface area contributed by atoms with Gasteiger partial charge in [-0.3, -0.25) is 4.79 Å². The number of ether oxygens (including phenoxy) is 2. The van der Waals surface area contributed by atoms with E-state index in [0.29, 0.717) is 31.4 Å². The molecule has 1 saturated heterocycles. The van der Waals surface area contributed by atoms with Crippen molar-refractivity contribution < 1.29 is 27.4 Å². The van der Waals surface area contributed by atoms with E-state index in [4.69, 9.17) is 9.47 Å². The van der Waals surface area contributed by atoms with E-state index in [0.717, 1.165) is 40.3 Å². The van der Waals surface area contributed by atoms with Crippen molar-refractivity contribution in [1.29, 1.82) is 0 Å². The molecule has 1 N–H and O–H groups in total. The van der Waals surface area contributed by atoms with Crippen molar-refractivity contribution in [2.24, 2.45) is 5.92 Å². The van der Waals surface area contributed by atoms with Crippen LogP contribution in [-0.2, 0) is 22.1 Å². The van der Waals surface area contributed by atoms with E-state index in [1.54, 1.807) is 23.0 Å². The molecule has 0 aliphatic carbocycles. The summed E-state index contributed by atoms with van der Waals surface area (Å²) in [6.45, 7) is 3.95. The van der Waals surface area contributed by atoms with Crippen molar-refractivity contribution in [2.75, 3.05) is 25.1 Å². The predicted molar refractivity (Wildman–Crippen MR) is 137 cm³/mol. The van der Waals surface area contributed by atoms with Crippen molar-refractivity contribution >= 4 is 11.6 Å². The second-order valence-corrected chi connectivity index (χ2v) is 9.31. The third-order valence-corrected chi connectivity index (χ3v) is 6.32. The number of carbonyl (C=O) groups is 1. The molecule has 196 valence electrons. The van der Waals surface area contributed by atoms with Crippen LogP contribution in [0.25, 0.3) is 16.8 Å². The molecule has 5 rings (SSSR count). The average molecular weight is 522 g/mol. The van der Waals surface area contributed by atoms with Crippen LogP contribution in [-0.4, -0.2) is 35.5 Å². The minimum absolute atomic E-state index is 0.178. The van der Waals surface area contributed by atoms with Gasteiger partial charge in [-0.2, -0.15) is 18.3 Å². The quantitative estimate of drug-likeness (QED) is 0.306. The number of anilines is 1. The van der Waals surface area contributed by atoms with Gasteiger partial charge in [0.15, 0.2) is 0 Å². The molecular weight excluding hydrogens is 495 g/mol. The van der Waals surface area contributed by atoms with Crippen molar-refractivity contribution in [2.45, 2.75) is 19.5 Å². The Morgan fingerprint density at radius 3 is 2.68 bits per heavy atom. The molecule has 4 aromatic rings. The number of nitrogens with one attached hydrogen (secondary N) is 1. The average Bonchev–Trinajstić information content (AvgIpc) is 3.34. The lowest BCUT2D eigenvalue weighted by Crippen LogP contribution is -2.32. The highest BCUT2D eigenvalue weighted by Crippen LogP contribution is 2.32. The maximum absolute atomic E-state index is 13.0. The first-order valence-corrected chi connectivity index (χ1v) is 12.2. The van der Waals surface area contributed by atoms with Crippen LogP contribution in [0.4, 0.5) is 18.9 Å². The summed E-state index contributed by atoms with van der Waals surface area (Å²) in [4.78, 5) is 12.6. The van der Waals surface area contributed by atoms with E-state index < -0.39 is 17.6 Å². The zero-order chi connectivity index (χ0) is 26.7. The zero-order valence-electron chi connectivity index (χ0n) is 20.7. The zero-order valence-corrected chi connectivity index (χ0v) is 20.7. The summed E-state index contributed by atoms with van der Waals surface area (Å²) in [6, 6.07) is 18.0. The molecule has 1 aliphatic heterocycles. The molecule has 0 unspecified atom stereocenters. The summed E-state index contributed by atoms with van der Waals surface area (Å²) < 4.78 is 52.0. The van der Waals surface area contributed by atoms with Crippen molar-refractivity contribution in [3.05, 3.63) is 95.8 Å². The van der Waals surface area contributed by atoms with Crippen LogP contribution >= 0.6 is 0 Å². The van der Waals surface area contributed by atoms with Gasteiger partial charge in [-0.25, -0.2) is 4.68 Å². The highest BCUT2D eigenvalue weighted by molar-refractivity contribution is 5.92. The van der Waals surface area contributed by atoms with Crippen LogP contribution in [0.3, 0.4) is 0 Å². The minimum atomic E-state index is -4.46. The third-order valence-electron chi connectivity index (χ3n) is 6.32. The lowest BCUT2D eigenvalue weighted by Gasteiger charge is -2.26. The van der Waals surface area contributed by atoms with Crippen molar-refractivity contribution in [1.82, 2.24) is 9.78 Å². The van der Waals surface area contributed by atoms with Crippen LogP contribution in [0.2, 0.25) is 0 Å². The third kappa shape index (κ3) is 5.89. The van der Waals surface area contributed by atoms with Gasteiger partial charge in [0.1, 0.15) is 5.75 Å². The number of hydrogen-bond acceptors (Lipinski definition) is 4. The smallest absolute Gasteiger partial charge is 0.416 e. The van der Waals surface area contributed by atoms with E-state index in [1.807, 2.05) is 43.5 Å². The monoisotopic (exact) mass is 521 g/mol. The van der Waals surface area contributed by atoms with E-state index in [2.05, 4.69) is 10.4 Å². The van der Waals surface area contributed by atoms with Crippen LogP contribution in [0.5, 0.6) is 5.75 Å². The van der Waals surface area contributed by atoms with Gasteiger partial charge < -0.3 is 14.8 Å². The largest absolute Gasteiger partial charge is 0.492 e. The summed E-state index contributed by atoms with van der Waals surface area (Å²) in [5, 5.41) is 7.31. The van der Waals surface area contributed by atoms with Crippen LogP contribution in [0.1, 0.15) is 16.7 Å². The van der Waals surface area contributed by atoms with Gasteiger partial charge in [0.05, 0.1) is 43.7 Å². The summed E-state index contributed by atoms with van der Waals surface area (Å²) in [5.74, 6) is 0.759. The molecule has 3 aromatic carbocycles. The van der Waals surface area contributed by atoms with Gasteiger partial charge in [-0.05, 0) is 42.3 Å². The second-order valence-electron chi connectivity index (χ2n) is 9.31. The summed E-state index contributed by atoms with van der Waals surface area (Å²) in [7, 11) is 0. The molecule has 2 heterocycles. The van der Waals surface area contributed by atoms with E-state index in [-0.39, 0.29) is 12.0 Å². The van der Waals surface area contributed by atoms with Gasteiger partial charge in [-0.15, -0.1) is 0 Å². The van der Waals surface area contributed by atoms with Crippen LogP contribution in [0, 0.1) is 12.8 Å². The molecule has 1 fully saturated rings. The lowest BCUT2D eigenvalue weighted by atomic mass is 10.1. The normalized spacial score (nSPS) is 13.7. The van der Waals surface area contributed by atoms with Crippen LogP contribution < -0.4 is 10.1 Å². The summed E-state index contributed by atoms with van der Waals surface area (Å²) in [6.07, 6.45) is -0.986. The van der Waals surface area contributed by atoms with E-state index in [1.165, 1.54) is 12.1 Å². The van der Waals surface area contributed by atoms with Gasteiger partial charge in [0.25, 0.3) is 0 Å². The first-order valence-electron chi connectivity index (χ1n) is 12.2. The SMILES string of the molecule is Cc1ccc(NC(=O)Cc2cccc(C(F)(F)F)c2)cc1-n1cc(-c2ccccc2OCC2COC2)cn1. The number of benzene rings is 3. The standard InChI is InChI=1S/C29H26F3N3O3/c1-19-9-10-24(34-28(36)12-20-5-4-6-23(11-20)29(30,31)32)13-26(19)35-15-22(14-33-35)25-7-2-3-8-27(25)38-18-21-16-37-17-21/h2-11,13-15,21H,12,16-18H2,1H3,(H,34,36). The molecule has 1 aromatic heterocycles. The first-order chi connectivity index (χ1) is 18.3. The van der Waals surface area contributed by atoms with Gasteiger partial charge >= 0.3 is 6.18 Å². The first kappa shape index (κ1) is 25.5. The Bertz CT molecular complexity index is 1440. The molecular formula is C29H26F3N3O3. The molecule has 0 radical (unpaired) electrons. The van der Waals surface area contributed by atoms with Crippen LogP contribution in [0.15, 0.2) is 79.1 Å². The predicted octanol–water partition coefficient (Wildman–Crippen LogP) is 6.07. The molecule has 38 heavy (non-hydrogen) atoms. The van der Waals surface area contributed by atoms with E-state index in [9.17, 15) is 18.0 Å². The molecule has 0 bridgehead atoms. The van der Waals surface area contributed by atoms with E-state index >= 15 is 0 Å². The second kappa shape index (κ2) is 10.7. The van der Waals surface area contributed by atoms with Gasteiger partial charge in [-0.1, -0.05) is 42.5 Å². The number of nitrogens with zero attached hydrogens (tertiary/aromatic N) is 2. The fraction of sp³-hybridized carbons (Fsp3) is 0.241. The number of hydrogen-bond donors (Lipinski definition) is 1. The summed E-state index contributed by atoms with van der Waals surface area (Å²) in [5.41, 5.74) is 3.52. The van der Waals surface area contributed by atoms with Crippen molar-refractivity contribution in [3.63, 3.8) is 0 Å². The maximum Gasteiger partial charge on any atom is 0.416 e. The van der Waals surface area contributed by atoms with Gasteiger partial charge in [0.2, 0.25) is 5.91 Å². The Hall–Kier alpha value is -4.11. The topological polar surface area (TPSA) is 65.4 Å². The Morgan fingerprint density at radius 2 is 1.92 bits per heavy atom. The number of halogens is 3. The Kier molecular flexibility index (Phi) is 7.20. The number of aryl methyl sites for hydroxylation is 1. The fourth-order valence-corrected chi connectivity index (χ4v) is 4.20. The number of rotatable bonds is 8. The molecule has 6 nitrogen and oxygen atoms in total. The number of para-hydroxylation sites is 1. The Labute approximate surface area is 218 Å². The number of alkyl halides is 3. The number of amides is 1. The maximum atomic E-state index is 13.0. The Balaban J connectivity index is 1.31. The highest BCUT2D eigenvalue weighted by Gasteiger charge is 2.30. The highest BCUT2D eigenvalue weighted by atomic mass is 19.4. The molecule has 9 heteroatoms. The Morgan fingerprint density at radius 1 is 1.11 bits per heavy atom. The molecule has 1 aliphatic rings. The number of carbonyl (C=O) groups excluding carboxylic acids is 1. The number of aromatic nitrogens is 2. The minimum Gasteiger partial charge on any atom is -0.492 e. The molecule has 0 saturated carbocycles. The summed E-state index contributed by atoms with van der Waals surface area (Å²) >= 11 is 0. The van der Waals surface area contributed by atoms with Gasteiger partial charge in [0, 0.05) is 28.9 Å². The van der Waals surface area contributed by atoms with Crippen molar-refractivity contribution in [3.8, 4) is 22.6 Å². The molecule has 0 atom stereocenters. The lowest BCUT2D eigenvalue weighted by molar-refractivity contribution is -0.137. The fourth-order valence-electron chi connectivity index (χ4n) is 4.20. The molecule has 1 amide bonds. The molecule has 0 spiro atoms.